The number of hydrogen-bond donors (Lipinski definition) is 1. The average Bonchev–Trinajstić information content (AvgIpc) is 2.78. The first-order valence-corrected chi connectivity index (χ1v) is 7.52. The molecule has 1 saturated heterocycles. The van der Waals surface area contributed by atoms with E-state index in [4.69, 9.17) is 0 Å². The fraction of sp³-hybridized carbons (Fsp3) is 0.769. The van der Waals surface area contributed by atoms with E-state index >= 15 is 0 Å². The van der Waals surface area contributed by atoms with Crippen LogP contribution in [0.15, 0.2) is 11.6 Å². The molecule has 0 spiro atoms. The standard InChI is InChI=1S/C13H23N3S/c1-3-16-8-5-4-6-11(10-14-2)12(16)13-15-7-9-17-13/h7,9,11-12,14H,3-6,8,10H2,1-2H3. The summed E-state index contributed by atoms with van der Waals surface area (Å²) >= 11 is 1.81. The van der Waals surface area contributed by atoms with Gasteiger partial charge in [0.15, 0.2) is 0 Å². The molecule has 2 unspecified atom stereocenters. The minimum atomic E-state index is 0.523. The summed E-state index contributed by atoms with van der Waals surface area (Å²) in [4.78, 5) is 7.17. The van der Waals surface area contributed by atoms with Crippen molar-refractivity contribution in [2.45, 2.75) is 32.2 Å². The number of thiazole rings is 1. The van der Waals surface area contributed by atoms with Gasteiger partial charge in [0.1, 0.15) is 5.01 Å². The second kappa shape index (κ2) is 6.47. The van der Waals surface area contributed by atoms with Gasteiger partial charge in [0.25, 0.3) is 0 Å². The quantitative estimate of drug-likeness (QED) is 0.894. The van der Waals surface area contributed by atoms with Crippen LogP contribution in [0.3, 0.4) is 0 Å². The summed E-state index contributed by atoms with van der Waals surface area (Å²) in [6, 6.07) is 0.523. The zero-order valence-electron chi connectivity index (χ0n) is 10.9. The van der Waals surface area contributed by atoms with Crippen molar-refractivity contribution in [3.63, 3.8) is 0 Å². The van der Waals surface area contributed by atoms with Gasteiger partial charge in [-0.25, -0.2) is 4.98 Å². The highest BCUT2D eigenvalue weighted by atomic mass is 32.1. The van der Waals surface area contributed by atoms with Crippen LogP contribution in [-0.2, 0) is 0 Å². The Bertz CT molecular complexity index is 312. The second-order valence-corrected chi connectivity index (χ2v) is 5.68. The molecule has 1 aromatic rings. The molecule has 0 bridgehead atoms. The molecule has 3 nitrogen and oxygen atoms in total. The molecule has 17 heavy (non-hydrogen) atoms. The predicted octanol–water partition coefficient (Wildman–Crippen LogP) is 2.53. The van der Waals surface area contributed by atoms with Gasteiger partial charge in [0, 0.05) is 11.6 Å². The number of nitrogens with one attached hydrogen (secondary N) is 1. The lowest BCUT2D eigenvalue weighted by molar-refractivity contribution is 0.162. The van der Waals surface area contributed by atoms with Gasteiger partial charge in [-0.15, -0.1) is 11.3 Å². The van der Waals surface area contributed by atoms with Crippen LogP contribution >= 0.6 is 11.3 Å². The molecular weight excluding hydrogens is 230 g/mol. The van der Waals surface area contributed by atoms with Gasteiger partial charge in [-0.2, -0.15) is 0 Å². The number of hydrogen-bond acceptors (Lipinski definition) is 4. The Morgan fingerprint density at radius 1 is 1.53 bits per heavy atom. The molecular formula is C13H23N3S. The summed E-state index contributed by atoms with van der Waals surface area (Å²) in [5, 5.41) is 6.75. The van der Waals surface area contributed by atoms with Crippen molar-refractivity contribution in [1.29, 1.82) is 0 Å². The van der Waals surface area contributed by atoms with Crippen LogP contribution in [0.1, 0.15) is 37.2 Å². The molecule has 2 atom stereocenters. The van der Waals surface area contributed by atoms with Gasteiger partial charge >= 0.3 is 0 Å². The molecule has 96 valence electrons. The van der Waals surface area contributed by atoms with E-state index in [0.717, 1.165) is 13.1 Å². The monoisotopic (exact) mass is 253 g/mol. The number of aromatic nitrogens is 1. The largest absolute Gasteiger partial charge is 0.319 e. The Kier molecular flexibility index (Phi) is 4.95. The zero-order valence-corrected chi connectivity index (χ0v) is 11.7. The molecule has 0 aromatic carbocycles. The van der Waals surface area contributed by atoms with E-state index in [0.29, 0.717) is 12.0 Å². The van der Waals surface area contributed by atoms with Gasteiger partial charge in [-0.1, -0.05) is 13.3 Å². The van der Waals surface area contributed by atoms with Crippen molar-refractivity contribution < 1.29 is 0 Å². The van der Waals surface area contributed by atoms with Crippen LogP contribution < -0.4 is 5.32 Å². The summed E-state index contributed by atoms with van der Waals surface area (Å²) in [6.45, 7) is 5.72. The molecule has 2 heterocycles. The fourth-order valence-corrected chi connectivity index (χ4v) is 3.75. The van der Waals surface area contributed by atoms with E-state index in [2.05, 4.69) is 34.6 Å². The lowest BCUT2D eigenvalue weighted by Crippen LogP contribution is -2.36. The summed E-state index contributed by atoms with van der Waals surface area (Å²) in [6.07, 6.45) is 5.94. The van der Waals surface area contributed by atoms with E-state index in [1.54, 1.807) is 11.3 Å². The van der Waals surface area contributed by atoms with E-state index in [1.165, 1.54) is 30.8 Å². The van der Waals surface area contributed by atoms with Gasteiger partial charge < -0.3 is 5.32 Å². The van der Waals surface area contributed by atoms with Crippen molar-refractivity contribution in [3.05, 3.63) is 16.6 Å². The normalized spacial score (nSPS) is 26.9. The topological polar surface area (TPSA) is 28.2 Å². The highest BCUT2D eigenvalue weighted by Gasteiger charge is 2.31. The van der Waals surface area contributed by atoms with Crippen molar-refractivity contribution in [1.82, 2.24) is 15.2 Å². The molecule has 2 rings (SSSR count). The Morgan fingerprint density at radius 2 is 2.41 bits per heavy atom. The lowest BCUT2D eigenvalue weighted by atomic mass is 9.95. The van der Waals surface area contributed by atoms with Crippen LogP contribution in [0.4, 0.5) is 0 Å². The maximum absolute atomic E-state index is 4.56. The molecule has 1 N–H and O–H groups in total. The third-order valence-corrected chi connectivity index (χ3v) is 4.53. The van der Waals surface area contributed by atoms with E-state index in [9.17, 15) is 0 Å². The second-order valence-electron chi connectivity index (χ2n) is 4.76. The third-order valence-electron chi connectivity index (χ3n) is 3.69. The molecule has 4 heteroatoms. The number of nitrogens with zero attached hydrogens (tertiary/aromatic N) is 2. The molecule has 0 saturated carbocycles. The van der Waals surface area contributed by atoms with Crippen LogP contribution in [-0.4, -0.2) is 36.6 Å². The summed E-state index contributed by atoms with van der Waals surface area (Å²) < 4.78 is 0. The van der Waals surface area contributed by atoms with Crippen molar-refractivity contribution in [2.75, 3.05) is 26.7 Å². The lowest BCUT2D eigenvalue weighted by Gasteiger charge is -2.32. The molecule has 1 aliphatic heterocycles. The zero-order chi connectivity index (χ0) is 12.1. The smallest absolute Gasteiger partial charge is 0.110 e. The fourth-order valence-electron chi connectivity index (χ4n) is 2.89. The highest BCUT2D eigenvalue weighted by molar-refractivity contribution is 7.09. The minimum absolute atomic E-state index is 0.523. The minimum Gasteiger partial charge on any atom is -0.319 e. The third kappa shape index (κ3) is 3.06. The first kappa shape index (κ1) is 13.0. The van der Waals surface area contributed by atoms with Crippen LogP contribution in [0.2, 0.25) is 0 Å². The van der Waals surface area contributed by atoms with Crippen LogP contribution in [0.5, 0.6) is 0 Å². The van der Waals surface area contributed by atoms with E-state index in [-0.39, 0.29) is 0 Å². The molecule has 0 amide bonds. The Morgan fingerprint density at radius 3 is 3.06 bits per heavy atom. The van der Waals surface area contributed by atoms with Crippen molar-refractivity contribution in [3.8, 4) is 0 Å². The highest BCUT2D eigenvalue weighted by Crippen LogP contribution is 2.35. The molecule has 0 aliphatic carbocycles. The maximum atomic E-state index is 4.56. The maximum Gasteiger partial charge on any atom is 0.110 e. The van der Waals surface area contributed by atoms with Gasteiger partial charge in [0.05, 0.1) is 6.04 Å². The molecule has 0 radical (unpaired) electrons. The molecule has 1 fully saturated rings. The molecule has 1 aromatic heterocycles. The van der Waals surface area contributed by atoms with Gasteiger partial charge in [-0.05, 0) is 45.4 Å². The van der Waals surface area contributed by atoms with Gasteiger partial charge in [-0.3, -0.25) is 4.90 Å². The van der Waals surface area contributed by atoms with Crippen molar-refractivity contribution >= 4 is 11.3 Å². The van der Waals surface area contributed by atoms with Crippen LogP contribution in [0.25, 0.3) is 0 Å². The summed E-state index contributed by atoms with van der Waals surface area (Å²) in [5.41, 5.74) is 0. The average molecular weight is 253 g/mol. The van der Waals surface area contributed by atoms with Gasteiger partial charge in [0.2, 0.25) is 0 Å². The first-order valence-electron chi connectivity index (χ1n) is 6.64. The number of rotatable bonds is 4. The Balaban J connectivity index is 2.22. The Hall–Kier alpha value is -0.450. The Labute approximate surface area is 108 Å². The van der Waals surface area contributed by atoms with Crippen molar-refractivity contribution in [2.24, 2.45) is 5.92 Å². The SMILES string of the molecule is CCN1CCCCC(CNC)C1c1nccs1. The van der Waals surface area contributed by atoms with E-state index in [1.807, 2.05) is 6.20 Å². The predicted molar refractivity (Wildman–Crippen MR) is 73.4 cm³/mol. The summed E-state index contributed by atoms with van der Waals surface area (Å²) in [7, 11) is 2.06. The first-order chi connectivity index (χ1) is 8.36. The van der Waals surface area contributed by atoms with Crippen LogP contribution in [0, 0.1) is 5.92 Å². The summed E-state index contributed by atoms with van der Waals surface area (Å²) in [5.74, 6) is 0.702. The number of likely N-dealkylation sites (tertiary alicyclic amines) is 1. The molecule has 1 aliphatic rings. The van der Waals surface area contributed by atoms with E-state index < -0.39 is 0 Å².